The predicted molar refractivity (Wildman–Crippen MR) is 128 cm³/mol. The van der Waals surface area contributed by atoms with E-state index in [0.29, 0.717) is 29.5 Å². The average molecular weight is 477 g/mol. The first-order chi connectivity index (χ1) is 17.1. The van der Waals surface area contributed by atoms with E-state index in [1.165, 1.54) is 11.6 Å². The van der Waals surface area contributed by atoms with Gasteiger partial charge in [-0.25, -0.2) is 18.7 Å². The number of oxime groups is 1. The number of piperidine rings is 1. The summed E-state index contributed by atoms with van der Waals surface area (Å²) in [6.45, 7) is 4.93. The summed E-state index contributed by atoms with van der Waals surface area (Å²) >= 11 is 0. The summed E-state index contributed by atoms with van der Waals surface area (Å²) in [7, 11) is 0. The summed E-state index contributed by atoms with van der Waals surface area (Å²) in [6, 6.07) is 7.48. The molecule has 9 heteroatoms. The Morgan fingerprint density at radius 1 is 1.06 bits per heavy atom. The number of pyridine rings is 1. The third kappa shape index (κ3) is 5.19. The second-order valence-electron chi connectivity index (χ2n) is 8.61. The Morgan fingerprint density at radius 2 is 1.91 bits per heavy atom. The molecule has 5 rings (SSSR count). The predicted octanol–water partition coefficient (Wildman–Crippen LogP) is 4.57. The summed E-state index contributed by atoms with van der Waals surface area (Å²) in [6.07, 6.45) is 11.7. The summed E-state index contributed by atoms with van der Waals surface area (Å²) in [5, 5.41) is 4.10. The normalized spacial score (nSPS) is 15.6. The van der Waals surface area contributed by atoms with Gasteiger partial charge in [-0.1, -0.05) is 11.2 Å². The highest BCUT2D eigenvalue weighted by atomic mass is 19.2. The van der Waals surface area contributed by atoms with Crippen molar-refractivity contribution in [1.29, 1.82) is 0 Å². The number of hydrogen-bond donors (Lipinski definition) is 0. The third-order valence-corrected chi connectivity index (χ3v) is 6.28. The largest absolute Gasteiger partial charge is 0.396 e. The standard InChI is InChI=1S/C26H26F2N6O/c1-2-35-32-25(20-4-5-22(27)23(28)13-20)24-6-3-18(14-30-24)16-33-10-7-19(8-11-33)21-15-31-26-29-9-12-34(26)17-21/h3-6,9,12-15,17,19H,2,7-8,10-11,16H2,1H3. The lowest BCUT2D eigenvalue weighted by Gasteiger charge is -2.32. The fraction of sp³-hybridized carbons (Fsp3) is 0.308. The van der Waals surface area contributed by atoms with Crippen molar-refractivity contribution in [3.05, 3.63) is 95.3 Å². The van der Waals surface area contributed by atoms with Crippen LogP contribution in [0.1, 0.15) is 48.1 Å². The van der Waals surface area contributed by atoms with Gasteiger partial charge in [-0.05, 0) is 74.2 Å². The van der Waals surface area contributed by atoms with Gasteiger partial charge in [0.1, 0.15) is 12.3 Å². The molecule has 4 aromatic rings. The molecule has 0 atom stereocenters. The van der Waals surface area contributed by atoms with Gasteiger partial charge in [0.25, 0.3) is 0 Å². The summed E-state index contributed by atoms with van der Waals surface area (Å²) in [5.74, 6) is -0.636. The maximum Gasteiger partial charge on any atom is 0.233 e. The molecule has 0 saturated carbocycles. The topological polar surface area (TPSA) is 67.9 Å². The van der Waals surface area contributed by atoms with Crippen LogP contribution < -0.4 is 0 Å². The smallest absolute Gasteiger partial charge is 0.233 e. The number of likely N-dealkylation sites (tertiary alicyclic amines) is 1. The Balaban J connectivity index is 1.23. The van der Waals surface area contributed by atoms with Gasteiger partial charge < -0.3 is 4.84 Å². The van der Waals surface area contributed by atoms with Crippen LogP contribution in [0.15, 0.2) is 66.5 Å². The van der Waals surface area contributed by atoms with Gasteiger partial charge in [-0.2, -0.15) is 0 Å². The lowest BCUT2D eigenvalue weighted by Crippen LogP contribution is -2.32. The summed E-state index contributed by atoms with van der Waals surface area (Å²) in [4.78, 5) is 20.8. The van der Waals surface area contributed by atoms with E-state index in [4.69, 9.17) is 4.84 Å². The quantitative estimate of drug-likeness (QED) is 0.289. The van der Waals surface area contributed by atoms with E-state index in [0.717, 1.165) is 55.9 Å². The lowest BCUT2D eigenvalue weighted by atomic mass is 9.91. The fourth-order valence-corrected chi connectivity index (χ4v) is 4.40. The molecule has 0 unspecified atom stereocenters. The van der Waals surface area contributed by atoms with Gasteiger partial charge in [0, 0.05) is 43.1 Å². The molecule has 0 N–H and O–H groups in total. The Kier molecular flexibility index (Phi) is 6.76. The van der Waals surface area contributed by atoms with Gasteiger partial charge >= 0.3 is 0 Å². The maximum atomic E-state index is 13.8. The number of aromatic nitrogens is 4. The zero-order chi connectivity index (χ0) is 24.2. The van der Waals surface area contributed by atoms with Crippen LogP contribution in [-0.4, -0.2) is 49.7 Å². The molecule has 0 aliphatic carbocycles. The van der Waals surface area contributed by atoms with Crippen LogP contribution in [0.3, 0.4) is 0 Å². The molecule has 0 radical (unpaired) electrons. The zero-order valence-corrected chi connectivity index (χ0v) is 19.4. The van der Waals surface area contributed by atoms with E-state index in [1.54, 1.807) is 19.3 Å². The van der Waals surface area contributed by atoms with Crippen LogP contribution in [0.5, 0.6) is 0 Å². The highest BCUT2D eigenvalue weighted by Crippen LogP contribution is 2.28. The number of halogens is 2. The first-order valence-electron chi connectivity index (χ1n) is 11.7. The van der Waals surface area contributed by atoms with Crippen LogP contribution in [0.2, 0.25) is 0 Å². The van der Waals surface area contributed by atoms with Gasteiger partial charge in [-0.15, -0.1) is 0 Å². The molecule has 35 heavy (non-hydrogen) atoms. The van der Waals surface area contributed by atoms with Gasteiger partial charge in [0.15, 0.2) is 11.6 Å². The molecule has 7 nitrogen and oxygen atoms in total. The highest BCUT2D eigenvalue weighted by Gasteiger charge is 2.22. The van der Waals surface area contributed by atoms with E-state index < -0.39 is 11.6 Å². The molecule has 1 aromatic carbocycles. The number of rotatable bonds is 7. The van der Waals surface area contributed by atoms with Crippen LogP contribution in [0.25, 0.3) is 5.78 Å². The molecule has 0 spiro atoms. The highest BCUT2D eigenvalue weighted by molar-refractivity contribution is 6.11. The molecule has 0 amide bonds. The summed E-state index contributed by atoms with van der Waals surface area (Å²) in [5.41, 5.74) is 3.63. The van der Waals surface area contributed by atoms with Crippen molar-refractivity contribution >= 4 is 11.5 Å². The lowest BCUT2D eigenvalue weighted by molar-refractivity contribution is 0.159. The van der Waals surface area contributed by atoms with E-state index in [2.05, 4.69) is 31.2 Å². The van der Waals surface area contributed by atoms with Crippen LogP contribution in [0.4, 0.5) is 8.78 Å². The van der Waals surface area contributed by atoms with Crippen LogP contribution >= 0.6 is 0 Å². The zero-order valence-electron chi connectivity index (χ0n) is 19.4. The number of benzene rings is 1. The Bertz CT molecular complexity index is 1330. The van der Waals surface area contributed by atoms with Crippen molar-refractivity contribution in [2.75, 3.05) is 19.7 Å². The van der Waals surface area contributed by atoms with E-state index in [9.17, 15) is 8.78 Å². The first kappa shape index (κ1) is 23.0. The number of fused-ring (bicyclic) bond motifs is 1. The molecule has 0 bridgehead atoms. The van der Waals surface area contributed by atoms with Gasteiger partial charge in [0.2, 0.25) is 5.78 Å². The van der Waals surface area contributed by atoms with Crippen LogP contribution in [-0.2, 0) is 11.4 Å². The van der Waals surface area contributed by atoms with Crippen LogP contribution in [0, 0.1) is 11.6 Å². The van der Waals surface area contributed by atoms with E-state index in [1.807, 2.05) is 28.9 Å². The van der Waals surface area contributed by atoms with E-state index >= 15 is 0 Å². The van der Waals surface area contributed by atoms with Crippen molar-refractivity contribution < 1.29 is 13.6 Å². The Morgan fingerprint density at radius 3 is 2.66 bits per heavy atom. The van der Waals surface area contributed by atoms with Crippen molar-refractivity contribution in [3.8, 4) is 0 Å². The molecular formula is C26H26F2N6O. The Labute approximate surface area is 202 Å². The Hall–Kier alpha value is -3.72. The molecule has 3 aromatic heterocycles. The minimum atomic E-state index is -0.938. The average Bonchev–Trinajstić information content (AvgIpc) is 3.36. The van der Waals surface area contributed by atoms with E-state index in [-0.39, 0.29) is 0 Å². The molecule has 1 fully saturated rings. The second-order valence-corrected chi connectivity index (χ2v) is 8.61. The number of hydrogen-bond acceptors (Lipinski definition) is 6. The van der Waals surface area contributed by atoms with Crippen molar-refractivity contribution in [2.45, 2.75) is 32.2 Å². The van der Waals surface area contributed by atoms with Gasteiger partial charge in [0.05, 0.1) is 5.69 Å². The number of imidazole rings is 1. The van der Waals surface area contributed by atoms with Gasteiger partial charge in [-0.3, -0.25) is 14.3 Å². The molecule has 1 saturated heterocycles. The minimum absolute atomic E-state index is 0.355. The maximum absolute atomic E-state index is 13.8. The molecule has 4 heterocycles. The molecule has 1 aliphatic heterocycles. The SMILES string of the molecule is CCON=C(c1ccc(F)c(F)c1)c1ccc(CN2CCC(c3cnc4nccn4c3)CC2)cn1. The molecule has 1 aliphatic rings. The molecular weight excluding hydrogens is 450 g/mol. The third-order valence-electron chi connectivity index (χ3n) is 6.28. The first-order valence-corrected chi connectivity index (χ1v) is 11.7. The summed E-state index contributed by atoms with van der Waals surface area (Å²) < 4.78 is 29.1. The second kappa shape index (κ2) is 10.3. The minimum Gasteiger partial charge on any atom is -0.396 e. The van der Waals surface area contributed by atoms with Crippen molar-refractivity contribution in [1.82, 2.24) is 24.3 Å². The van der Waals surface area contributed by atoms with Crippen molar-refractivity contribution in [3.63, 3.8) is 0 Å². The monoisotopic (exact) mass is 476 g/mol. The molecule has 180 valence electrons. The van der Waals surface area contributed by atoms with Crippen molar-refractivity contribution in [2.24, 2.45) is 5.16 Å². The number of nitrogens with zero attached hydrogens (tertiary/aromatic N) is 6. The fourth-order valence-electron chi connectivity index (χ4n) is 4.40.